The quantitative estimate of drug-likeness (QED) is 0.747. The van der Waals surface area contributed by atoms with Gasteiger partial charge in [0.15, 0.2) is 0 Å². The lowest BCUT2D eigenvalue weighted by molar-refractivity contribution is -0.120. The second-order valence-corrected chi connectivity index (χ2v) is 7.03. The SMILES string of the molecule is CCCCNC(=O)CCN(c1cccc(C)c1)S(C)(=O)=O. The number of hydrogen-bond donors (Lipinski definition) is 1. The number of benzene rings is 1. The second kappa shape index (κ2) is 8.02. The van der Waals surface area contributed by atoms with E-state index in [0.29, 0.717) is 12.2 Å². The highest BCUT2D eigenvalue weighted by molar-refractivity contribution is 7.92. The molecule has 21 heavy (non-hydrogen) atoms. The van der Waals surface area contributed by atoms with Crippen LogP contribution < -0.4 is 9.62 Å². The Hall–Kier alpha value is -1.56. The Kier molecular flexibility index (Phi) is 6.68. The maximum absolute atomic E-state index is 11.9. The number of sulfonamides is 1. The van der Waals surface area contributed by atoms with Crippen molar-refractivity contribution in [3.05, 3.63) is 29.8 Å². The molecule has 0 aliphatic heterocycles. The molecule has 118 valence electrons. The summed E-state index contributed by atoms with van der Waals surface area (Å²) in [7, 11) is -3.40. The molecule has 0 radical (unpaired) electrons. The van der Waals surface area contributed by atoms with Gasteiger partial charge in [-0.1, -0.05) is 25.5 Å². The van der Waals surface area contributed by atoms with Crippen molar-refractivity contribution in [1.82, 2.24) is 5.32 Å². The normalized spacial score (nSPS) is 11.2. The van der Waals surface area contributed by atoms with Gasteiger partial charge in [-0.15, -0.1) is 0 Å². The Morgan fingerprint density at radius 3 is 2.62 bits per heavy atom. The third kappa shape index (κ3) is 6.16. The summed E-state index contributed by atoms with van der Waals surface area (Å²) in [5.74, 6) is -0.121. The van der Waals surface area contributed by atoms with Crippen molar-refractivity contribution in [2.24, 2.45) is 0 Å². The lowest BCUT2D eigenvalue weighted by Crippen LogP contribution is -2.34. The number of nitrogens with one attached hydrogen (secondary N) is 1. The molecule has 1 aromatic rings. The number of unbranched alkanes of at least 4 members (excludes halogenated alkanes) is 1. The van der Waals surface area contributed by atoms with Gasteiger partial charge < -0.3 is 5.32 Å². The van der Waals surface area contributed by atoms with Crippen LogP contribution in [0.15, 0.2) is 24.3 Å². The number of anilines is 1. The van der Waals surface area contributed by atoms with E-state index in [4.69, 9.17) is 0 Å². The fourth-order valence-electron chi connectivity index (χ4n) is 1.97. The van der Waals surface area contributed by atoms with Gasteiger partial charge in [-0.2, -0.15) is 0 Å². The first-order chi connectivity index (χ1) is 9.84. The first kappa shape index (κ1) is 17.5. The number of amides is 1. The molecule has 0 bridgehead atoms. The molecule has 0 heterocycles. The van der Waals surface area contributed by atoms with Crippen molar-refractivity contribution in [3.8, 4) is 0 Å². The van der Waals surface area contributed by atoms with Gasteiger partial charge in [-0.25, -0.2) is 8.42 Å². The molecule has 0 spiro atoms. The minimum Gasteiger partial charge on any atom is -0.356 e. The number of hydrogen-bond acceptors (Lipinski definition) is 3. The molecule has 0 saturated heterocycles. The summed E-state index contributed by atoms with van der Waals surface area (Å²) >= 11 is 0. The summed E-state index contributed by atoms with van der Waals surface area (Å²) in [6, 6.07) is 7.25. The third-order valence-electron chi connectivity index (χ3n) is 3.08. The number of rotatable bonds is 8. The molecule has 1 amide bonds. The van der Waals surface area contributed by atoms with Crippen LogP contribution in [0.4, 0.5) is 5.69 Å². The van der Waals surface area contributed by atoms with Crippen molar-refractivity contribution in [2.45, 2.75) is 33.1 Å². The molecule has 0 atom stereocenters. The zero-order chi connectivity index (χ0) is 15.9. The molecule has 0 aliphatic carbocycles. The Labute approximate surface area is 127 Å². The van der Waals surface area contributed by atoms with Crippen LogP contribution in [-0.4, -0.2) is 33.7 Å². The zero-order valence-electron chi connectivity index (χ0n) is 12.9. The number of nitrogens with zero attached hydrogens (tertiary/aromatic N) is 1. The molecule has 1 rings (SSSR count). The number of carbonyl (C=O) groups is 1. The molecule has 0 aliphatic rings. The van der Waals surface area contributed by atoms with E-state index in [2.05, 4.69) is 12.2 Å². The van der Waals surface area contributed by atoms with Gasteiger partial charge in [-0.3, -0.25) is 9.10 Å². The van der Waals surface area contributed by atoms with Crippen LogP contribution >= 0.6 is 0 Å². The zero-order valence-corrected chi connectivity index (χ0v) is 13.7. The van der Waals surface area contributed by atoms with Crippen molar-refractivity contribution in [2.75, 3.05) is 23.7 Å². The molecule has 0 saturated carbocycles. The van der Waals surface area contributed by atoms with Crippen LogP contribution in [0.3, 0.4) is 0 Å². The predicted octanol–water partition coefficient (Wildman–Crippen LogP) is 2.07. The minimum absolute atomic E-state index is 0.121. The first-order valence-electron chi connectivity index (χ1n) is 7.15. The van der Waals surface area contributed by atoms with Crippen LogP contribution in [0.1, 0.15) is 31.7 Å². The Bertz CT molecular complexity index is 570. The molecule has 0 fully saturated rings. The molecule has 1 aromatic carbocycles. The molecule has 0 aromatic heterocycles. The summed E-state index contributed by atoms with van der Waals surface area (Å²) in [5.41, 5.74) is 1.58. The van der Waals surface area contributed by atoms with Gasteiger partial charge >= 0.3 is 0 Å². The topological polar surface area (TPSA) is 66.5 Å². The van der Waals surface area contributed by atoms with Crippen LogP contribution in [-0.2, 0) is 14.8 Å². The van der Waals surface area contributed by atoms with E-state index in [0.717, 1.165) is 24.7 Å². The first-order valence-corrected chi connectivity index (χ1v) is 9.00. The van der Waals surface area contributed by atoms with E-state index in [9.17, 15) is 13.2 Å². The Morgan fingerprint density at radius 1 is 1.33 bits per heavy atom. The van der Waals surface area contributed by atoms with Crippen LogP contribution in [0, 0.1) is 6.92 Å². The van der Waals surface area contributed by atoms with E-state index in [1.165, 1.54) is 4.31 Å². The standard InChI is InChI=1S/C15H24N2O3S/c1-4-5-10-16-15(18)9-11-17(21(3,19)20)14-8-6-7-13(2)12-14/h6-8,12H,4-5,9-11H2,1-3H3,(H,16,18). The van der Waals surface area contributed by atoms with Crippen LogP contribution in [0.5, 0.6) is 0 Å². The third-order valence-corrected chi connectivity index (χ3v) is 4.28. The summed E-state index contributed by atoms with van der Waals surface area (Å²) < 4.78 is 25.1. The fraction of sp³-hybridized carbons (Fsp3) is 0.533. The number of aryl methyl sites for hydroxylation is 1. The van der Waals surface area contributed by atoms with E-state index in [1.54, 1.807) is 12.1 Å². The Balaban J connectivity index is 2.71. The summed E-state index contributed by atoms with van der Waals surface area (Å²) in [4.78, 5) is 11.7. The van der Waals surface area contributed by atoms with Crippen molar-refractivity contribution < 1.29 is 13.2 Å². The van der Waals surface area contributed by atoms with Crippen LogP contribution in [0.2, 0.25) is 0 Å². The molecular formula is C15H24N2O3S. The average molecular weight is 312 g/mol. The molecule has 0 unspecified atom stereocenters. The van der Waals surface area contributed by atoms with Gasteiger partial charge in [0.25, 0.3) is 0 Å². The van der Waals surface area contributed by atoms with Crippen molar-refractivity contribution in [1.29, 1.82) is 0 Å². The van der Waals surface area contributed by atoms with Gasteiger partial charge in [-0.05, 0) is 31.0 Å². The highest BCUT2D eigenvalue weighted by atomic mass is 32.2. The monoisotopic (exact) mass is 312 g/mol. The summed E-state index contributed by atoms with van der Waals surface area (Å²) in [6.07, 6.45) is 3.26. The molecule has 5 nitrogen and oxygen atoms in total. The van der Waals surface area contributed by atoms with Crippen molar-refractivity contribution in [3.63, 3.8) is 0 Å². The van der Waals surface area contributed by atoms with E-state index in [-0.39, 0.29) is 18.9 Å². The van der Waals surface area contributed by atoms with E-state index in [1.807, 2.05) is 19.1 Å². The lowest BCUT2D eigenvalue weighted by Gasteiger charge is -2.22. The second-order valence-electron chi connectivity index (χ2n) is 5.13. The maximum Gasteiger partial charge on any atom is 0.232 e. The van der Waals surface area contributed by atoms with E-state index >= 15 is 0 Å². The minimum atomic E-state index is -3.40. The summed E-state index contributed by atoms with van der Waals surface area (Å²) in [5, 5.41) is 2.79. The van der Waals surface area contributed by atoms with Gasteiger partial charge in [0.1, 0.15) is 0 Å². The highest BCUT2D eigenvalue weighted by Crippen LogP contribution is 2.19. The largest absolute Gasteiger partial charge is 0.356 e. The fourth-order valence-corrected chi connectivity index (χ4v) is 2.89. The smallest absolute Gasteiger partial charge is 0.232 e. The number of carbonyl (C=O) groups excluding carboxylic acids is 1. The lowest BCUT2D eigenvalue weighted by atomic mass is 10.2. The Morgan fingerprint density at radius 2 is 2.05 bits per heavy atom. The molecular weight excluding hydrogens is 288 g/mol. The van der Waals surface area contributed by atoms with Gasteiger partial charge in [0, 0.05) is 19.5 Å². The average Bonchev–Trinajstić information content (AvgIpc) is 2.37. The summed E-state index contributed by atoms with van der Waals surface area (Å²) in [6.45, 7) is 4.75. The molecule has 6 heteroatoms. The van der Waals surface area contributed by atoms with Gasteiger partial charge in [0.05, 0.1) is 11.9 Å². The van der Waals surface area contributed by atoms with E-state index < -0.39 is 10.0 Å². The van der Waals surface area contributed by atoms with Gasteiger partial charge in [0.2, 0.25) is 15.9 Å². The highest BCUT2D eigenvalue weighted by Gasteiger charge is 2.18. The van der Waals surface area contributed by atoms with Crippen LogP contribution in [0.25, 0.3) is 0 Å². The maximum atomic E-state index is 11.9. The van der Waals surface area contributed by atoms with Crippen molar-refractivity contribution >= 4 is 21.6 Å². The molecule has 1 N–H and O–H groups in total. The predicted molar refractivity (Wildman–Crippen MR) is 85.9 cm³/mol.